The molecule has 0 unspecified atom stereocenters. The molecule has 0 radical (unpaired) electrons. The third-order valence-electron chi connectivity index (χ3n) is 3.94. The van der Waals surface area contributed by atoms with Crippen LogP contribution in [-0.4, -0.2) is 35.6 Å². The summed E-state index contributed by atoms with van der Waals surface area (Å²) in [6.07, 6.45) is 4.14. The van der Waals surface area contributed by atoms with Crippen LogP contribution in [0.4, 0.5) is 4.39 Å². The van der Waals surface area contributed by atoms with Crippen molar-refractivity contribution in [3.05, 3.63) is 35.3 Å². The molecule has 1 aliphatic carbocycles. The zero-order valence-electron chi connectivity index (χ0n) is 11.5. The van der Waals surface area contributed by atoms with Crippen molar-refractivity contribution >= 4 is 0 Å². The summed E-state index contributed by atoms with van der Waals surface area (Å²) in [5, 5.41) is 0. The number of hydrogen-bond acceptors (Lipinski definition) is 4. The summed E-state index contributed by atoms with van der Waals surface area (Å²) < 4.78 is 17.9. The number of hydrogen-bond donors (Lipinski definition) is 1. The molecule has 1 fully saturated rings. The monoisotopic (exact) mass is 277 g/mol. The van der Waals surface area contributed by atoms with E-state index in [1.54, 1.807) is 0 Å². The Morgan fingerprint density at radius 1 is 1.50 bits per heavy atom. The van der Waals surface area contributed by atoms with Crippen LogP contribution in [0.5, 0.6) is 5.88 Å². The first-order valence-corrected chi connectivity index (χ1v) is 7.14. The van der Waals surface area contributed by atoms with Crippen LogP contribution in [0.1, 0.15) is 24.1 Å². The molecule has 20 heavy (non-hydrogen) atoms. The molecule has 1 saturated carbocycles. The van der Waals surface area contributed by atoms with Crippen molar-refractivity contribution in [3.8, 4) is 5.88 Å². The van der Waals surface area contributed by atoms with Gasteiger partial charge in [-0.25, -0.2) is 9.37 Å². The van der Waals surface area contributed by atoms with Gasteiger partial charge in [-0.05, 0) is 18.4 Å². The molecule has 0 aromatic carbocycles. The lowest BCUT2D eigenvalue weighted by atomic mass is 10.1. The van der Waals surface area contributed by atoms with Gasteiger partial charge in [-0.3, -0.25) is 4.90 Å². The lowest BCUT2D eigenvalue weighted by Gasteiger charge is -2.28. The molecule has 0 atom stereocenters. The predicted octanol–water partition coefficient (Wildman–Crippen LogP) is 1.79. The summed E-state index contributed by atoms with van der Waals surface area (Å²) in [6, 6.07) is 4.73. The zero-order chi connectivity index (χ0) is 13.9. The van der Waals surface area contributed by atoms with Crippen LogP contribution in [0.25, 0.3) is 0 Å². The number of halogens is 1. The third kappa shape index (κ3) is 2.99. The molecule has 2 N–H and O–H groups in total. The first-order chi connectivity index (χ1) is 9.80. The van der Waals surface area contributed by atoms with Gasteiger partial charge in [-0.15, -0.1) is 0 Å². The van der Waals surface area contributed by atoms with Crippen molar-refractivity contribution in [1.82, 2.24) is 9.88 Å². The number of fused-ring (bicyclic) bond motifs is 1. The van der Waals surface area contributed by atoms with Crippen molar-refractivity contribution in [2.24, 2.45) is 5.73 Å². The van der Waals surface area contributed by atoms with Crippen molar-refractivity contribution in [2.75, 3.05) is 19.7 Å². The molecule has 1 aromatic heterocycles. The van der Waals surface area contributed by atoms with Gasteiger partial charge in [0.25, 0.3) is 0 Å². The maximum absolute atomic E-state index is 12.4. The molecule has 0 spiro atoms. The average molecular weight is 277 g/mol. The van der Waals surface area contributed by atoms with Crippen molar-refractivity contribution < 1.29 is 9.13 Å². The molecule has 5 heteroatoms. The van der Waals surface area contributed by atoms with Gasteiger partial charge < -0.3 is 10.5 Å². The minimum Gasteiger partial charge on any atom is -0.473 e. The topological polar surface area (TPSA) is 51.4 Å². The quantitative estimate of drug-likeness (QED) is 0.891. The second-order valence-corrected chi connectivity index (χ2v) is 5.47. The Bertz CT molecular complexity index is 514. The molecule has 0 bridgehead atoms. The van der Waals surface area contributed by atoms with Crippen LogP contribution in [0.2, 0.25) is 0 Å². The summed E-state index contributed by atoms with van der Waals surface area (Å²) in [4.78, 5) is 7.06. The van der Waals surface area contributed by atoms with Gasteiger partial charge in [0.1, 0.15) is 6.61 Å². The Labute approximate surface area is 118 Å². The van der Waals surface area contributed by atoms with E-state index in [0.29, 0.717) is 17.8 Å². The minimum atomic E-state index is 0.160. The van der Waals surface area contributed by atoms with E-state index < -0.39 is 0 Å². The van der Waals surface area contributed by atoms with E-state index in [4.69, 9.17) is 10.5 Å². The molecule has 108 valence electrons. The molecular formula is C15H20FN3O. The number of nitrogens with two attached hydrogens (primary N) is 1. The second kappa shape index (κ2) is 5.89. The standard InChI is InChI=1S/C15H20FN3O/c16-7-11(8-17)10-20-15-4-1-12-9-19(13-2-3-13)6-5-14(12)18-15/h1,4,7,13H,2-3,5-6,8-10,17H2/b11-7-. The van der Waals surface area contributed by atoms with Crippen LogP contribution in [-0.2, 0) is 13.0 Å². The molecule has 0 saturated heterocycles. The molecule has 1 aromatic rings. The SMILES string of the molecule is NC/C(=C/F)COc1ccc2c(n1)CCN(C1CC1)C2. The summed E-state index contributed by atoms with van der Waals surface area (Å²) in [7, 11) is 0. The fourth-order valence-corrected chi connectivity index (χ4v) is 2.55. The summed E-state index contributed by atoms with van der Waals surface area (Å²) >= 11 is 0. The molecule has 4 nitrogen and oxygen atoms in total. The Hall–Kier alpha value is -1.46. The number of aromatic nitrogens is 1. The van der Waals surface area contributed by atoms with E-state index >= 15 is 0 Å². The Kier molecular flexibility index (Phi) is 3.98. The van der Waals surface area contributed by atoms with Crippen LogP contribution >= 0.6 is 0 Å². The Balaban J connectivity index is 1.64. The lowest BCUT2D eigenvalue weighted by Crippen LogP contribution is -2.32. The van der Waals surface area contributed by atoms with Crippen LogP contribution in [0.15, 0.2) is 24.0 Å². The van der Waals surface area contributed by atoms with E-state index in [1.807, 2.05) is 6.07 Å². The van der Waals surface area contributed by atoms with Gasteiger partial charge in [0.2, 0.25) is 5.88 Å². The molecule has 1 aliphatic heterocycles. The molecular weight excluding hydrogens is 257 g/mol. The summed E-state index contributed by atoms with van der Waals surface area (Å²) in [5.41, 5.74) is 8.22. The molecule has 3 rings (SSSR count). The van der Waals surface area contributed by atoms with Gasteiger partial charge >= 0.3 is 0 Å². The second-order valence-electron chi connectivity index (χ2n) is 5.47. The van der Waals surface area contributed by atoms with Gasteiger partial charge in [0, 0.05) is 43.7 Å². The van der Waals surface area contributed by atoms with E-state index in [0.717, 1.165) is 31.2 Å². The number of pyridine rings is 1. The summed E-state index contributed by atoms with van der Waals surface area (Å²) in [5.74, 6) is 0.552. The number of ether oxygens (including phenoxy) is 1. The predicted molar refractivity (Wildman–Crippen MR) is 75.1 cm³/mol. The Morgan fingerprint density at radius 2 is 2.35 bits per heavy atom. The fourth-order valence-electron chi connectivity index (χ4n) is 2.55. The van der Waals surface area contributed by atoms with Gasteiger partial charge in [0.15, 0.2) is 0 Å². The van der Waals surface area contributed by atoms with E-state index in [-0.39, 0.29) is 13.2 Å². The highest BCUT2D eigenvalue weighted by atomic mass is 19.1. The molecule has 0 amide bonds. The first-order valence-electron chi connectivity index (χ1n) is 7.14. The van der Waals surface area contributed by atoms with Gasteiger partial charge in [-0.1, -0.05) is 6.07 Å². The van der Waals surface area contributed by atoms with Crippen LogP contribution in [0.3, 0.4) is 0 Å². The van der Waals surface area contributed by atoms with Gasteiger partial charge in [-0.2, -0.15) is 0 Å². The molecule has 2 aliphatic rings. The smallest absolute Gasteiger partial charge is 0.213 e. The number of nitrogens with zero attached hydrogens (tertiary/aromatic N) is 2. The maximum atomic E-state index is 12.4. The van der Waals surface area contributed by atoms with Crippen molar-refractivity contribution in [1.29, 1.82) is 0 Å². The highest BCUT2D eigenvalue weighted by Gasteiger charge is 2.31. The summed E-state index contributed by atoms with van der Waals surface area (Å²) in [6.45, 7) is 2.39. The van der Waals surface area contributed by atoms with Crippen LogP contribution in [0, 0.1) is 0 Å². The van der Waals surface area contributed by atoms with E-state index in [2.05, 4.69) is 16.0 Å². The fraction of sp³-hybridized carbons (Fsp3) is 0.533. The highest BCUT2D eigenvalue weighted by molar-refractivity contribution is 5.28. The third-order valence-corrected chi connectivity index (χ3v) is 3.94. The average Bonchev–Trinajstić information content (AvgIpc) is 3.32. The van der Waals surface area contributed by atoms with E-state index in [9.17, 15) is 4.39 Å². The lowest BCUT2D eigenvalue weighted by molar-refractivity contribution is 0.240. The highest BCUT2D eigenvalue weighted by Crippen LogP contribution is 2.31. The van der Waals surface area contributed by atoms with Gasteiger partial charge in [0.05, 0.1) is 12.0 Å². The van der Waals surface area contributed by atoms with Crippen LogP contribution < -0.4 is 10.5 Å². The normalized spacial score (nSPS) is 19.8. The van der Waals surface area contributed by atoms with Crippen molar-refractivity contribution in [2.45, 2.75) is 31.8 Å². The largest absolute Gasteiger partial charge is 0.473 e. The zero-order valence-corrected chi connectivity index (χ0v) is 11.5. The maximum Gasteiger partial charge on any atom is 0.213 e. The minimum absolute atomic E-state index is 0.160. The molecule has 2 heterocycles. The Morgan fingerprint density at radius 3 is 3.05 bits per heavy atom. The first kappa shape index (κ1) is 13.5. The number of rotatable bonds is 5. The van der Waals surface area contributed by atoms with Crippen molar-refractivity contribution in [3.63, 3.8) is 0 Å². The van der Waals surface area contributed by atoms with E-state index in [1.165, 1.54) is 18.4 Å².